The minimum atomic E-state index is -4.55. The molecule has 174 valence electrons. The fourth-order valence-electron chi connectivity index (χ4n) is 2.98. The normalized spacial score (nSPS) is 14.9. The first-order valence-corrected chi connectivity index (χ1v) is 9.73. The lowest BCUT2D eigenvalue weighted by atomic mass is 10.1. The molecular formula is C21H23F3N8O. The van der Waals surface area contributed by atoms with E-state index in [1.165, 1.54) is 29.5 Å². The van der Waals surface area contributed by atoms with Crippen LogP contribution >= 0.6 is 0 Å². The number of allylic oxidation sites excluding steroid dienone is 6. The number of alkyl halides is 3. The molecule has 1 aliphatic carbocycles. The second-order valence-electron chi connectivity index (χ2n) is 7.17. The predicted octanol–water partition coefficient (Wildman–Crippen LogP) is 3.26. The van der Waals surface area contributed by atoms with E-state index in [1.807, 2.05) is 0 Å². The zero-order chi connectivity index (χ0) is 24.2. The summed E-state index contributed by atoms with van der Waals surface area (Å²) in [6.45, 7) is 1.68. The lowest BCUT2D eigenvalue weighted by molar-refractivity contribution is -0.0929. The Hall–Kier alpha value is -4.22. The highest BCUT2D eigenvalue weighted by Gasteiger charge is 2.34. The van der Waals surface area contributed by atoms with Gasteiger partial charge in [0.25, 0.3) is 0 Å². The summed E-state index contributed by atoms with van der Waals surface area (Å²) in [6, 6.07) is 5.94. The molecule has 1 aromatic carbocycles. The summed E-state index contributed by atoms with van der Waals surface area (Å²) in [7, 11) is 1.74. The van der Waals surface area contributed by atoms with Crippen LogP contribution in [0.1, 0.15) is 13.3 Å². The van der Waals surface area contributed by atoms with E-state index in [2.05, 4.69) is 20.7 Å². The molecule has 9 nitrogen and oxygen atoms in total. The molecule has 33 heavy (non-hydrogen) atoms. The highest BCUT2D eigenvalue weighted by molar-refractivity contribution is 5.92. The quantitative estimate of drug-likeness (QED) is 0.543. The molecule has 0 aliphatic heterocycles. The van der Waals surface area contributed by atoms with Crippen LogP contribution in [0.4, 0.5) is 29.3 Å². The van der Waals surface area contributed by atoms with Crippen molar-refractivity contribution in [1.29, 1.82) is 0 Å². The Morgan fingerprint density at radius 3 is 2.45 bits per heavy atom. The number of carbonyl (C=O) groups is 1. The van der Waals surface area contributed by atoms with Crippen LogP contribution in [-0.2, 0) is 0 Å². The van der Waals surface area contributed by atoms with Crippen molar-refractivity contribution in [3.8, 4) is 0 Å². The Balaban J connectivity index is 1.82. The van der Waals surface area contributed by atoms with E-state index < -0.39 is 17.8 Å². The first-order valence-electron chi connectivity index (χ1n) is 9.73. The molecule has 0 unspecified atom stereocenters. The summed E-state index contributed by atoms with van der Waals surface area (Å²) >= 11 is 0. The van der Waals surface area contributed by atoms with Crippen LogP contribution in [0.25, 0.3) is 5.70 Å². The van der Waals surface area contributed by atoms with Gasteiger partial charge in [0, 0.05) is 29.7 Å². The second kappa shape index (κ2) is 9.51. The van der Waals surface area contributed by atoms with Gasteiger partial charge in [-0.15, -0.1) is 0 Å². The van der Waals surface area contributed by atoms with E-state index in [-0.39, 0.29) is 17.8 Å². The third-order valence-corrected chi connectivity index (χ3v) is 4.76. The number of hydrogen-bond acceptors (Lipinski definition) is 6. The molecule has 1 aromatic heterocycles. The number of amides is 2. The smallest absolute Gasteiger partial charge is 0.399 e. The lowest BCUT2D eigenvalue weighted by Gasteiger charge is -2.21. The van der Waals surface area contributed by atoms with E-state index in [0.29, 0.717) is 17.2 Å². The van der Waals surface area contributed by atoms with Gasteiger partial charge < -0.3 is 27.0 Å². The topological polar surface area (TPSA) is 127 Å². The van der Waals surface area contributed by atoms with Crippen molar-refractivity contribution >= 4 is 23.1 Å². The number of nitrogens with one attached hydrogen (secondary N) is 2. The Morgan fingerprint density at radius 1 is 1.18 bits per heavy atom. The molecule has 12 heteroatoms. The van der Waals surface area contributed by atoms with Crippen LogP contribution in [-0.4, -0.2) is 34.0 Å². The van der Waals surface area contributed by atoms with Gasteiger partial charge in [0.1, 0.15) is 18.5 Å². The maximum atomic E-state index is 13.3. The van der Waals surface area contributed by atoms with Crippen LogP contribution in [0.2, 0.25) is 0 Å². The molecule has 6 N–H and O–H groups in total. The minimum Gasteiger partial charge on any atom is -0.399 e. The number of anilines is 2. The van der Waals surface area contributed by atoms with Crippen LogP contribution in [0.5, 0.6) is 0 Å². The number of halogens is 3. The number of nitrogens with two attached hydrogens (primary N) is 2. The van der Waals surface area contributed by atoms with Gasteiger partial charge in [0.2, 0.25) is 0 Å². The van der Waals surface area contributed by atoms with Crippen molar-refractivity contribution in [2.45, 2.75) is 19.5 Å². The van der Waals surface area contributed by atoms with Crippen molar-refractivity contribution < 1.29 is 18.0 Å². The summed E-state index contributed by atoms with van der Waals surface area (Å²) in [4.78, 5) is 18.1. The largest absolute Gasteiger partial charge is 0.413 e. The van der Waals surface area contributed by atoms with E-state index in [4.69, 9.17) is 11.5 Å². The molecular weight excluding hydrogens is 437 g/mol. The first-order chi connectivity index (χ1) is 15.6. The average molecular weight is 460 g/mol. The molecule has 0 saturated carbocycles. The maximum Gasteiger partial charge on any atom is 0.413 e. The summed E-state index contributed by atoms with van der Waals surface area (Å²) in [6.07, 6.45) is 1.35. The highest BCUT2D eigenvalue weighted by atomic mass is 19.4. The predicted molar refractivity (Wildman–Crippen MR) is 119 cm³/mol. The monoisotopic (exact) mass is 460 g/mol. The Morgan fingerprint density at radius 2 is 1.88 bits per heavy atom. The summed E-state index contributed by atoms with van der Waals surface area (Å²) in [5.41, 5.74) is 12.6. The van der Waals surface area contributed by atoms with E-state index in [1.54, 1.807) is 43.1 Å². The van der Waals surface area contributed by atoms with Gasteiger partial charge in [0.15, 0.2) is 0 Å². The average Bonchev–Trinajstić information content (AvgIpc) is 3.20. The summed E-state index contributed by atoms with van der Waals surface area (Å²) in [5, 5.41) is 9.02. The van der Waals surface area contributed by atoms with Crippen LogP contribution < -0.4 is 27.0 Å². The van der Waals surface area contributed by atoms with Gasteiger partial charge in [0.05, 0.1) is 11.4 Å². The molecule has 1 heterocycles. The van der Waals surface area contributed by atoms with Crippen LogP contribution in [0.3, 0.4) is 0 Å². The van der Waals surface area contributed by atoms with Gasteiger partial charge in [-0.1, -0.05) is 6.08 Å². The van der Waals surface area contributed by atoms with Crippen LogP contribution in [0, 0.1) is 0 Å². The van der Waals surface area contributed by atoms with E-state index in [0.717, 1.165) is 11.8 Å². The molecule has 2 amide bonds. The van der Waals surface area contributed by atoms with Crippen LogP contribution in [0.15, 0.2) is 77.9 Å². The molecule has 0 bridgehead atoms. The van der Waals surface area contributed by atoms with Crippen molar-refractivity contribution in [2.24, 2.45) is 11.5 Å². The Kier molecular flexibility index (Phi) is 6.75. The van der Waals surface area contributed by atoms with Gasteiger partial charge in [-0.05, 0) is 49.8 Å². The maximum absolute atomic E-state index is 13.3. The van der Waals surface area contributed by atoms with Gasteiger partial charge >= 0.3 is 12.2 Å². The Labute approximate surface area is 187 Å². The van der Waals surface area contributed by atoms with Gasteiger partial charge in [-0.25, -0.2) is 14.5 Å². The molecule has 3 rings (SSSR count). The summed E-state index contributed by atoms with van der Waals surface area (Å²) < 4.78 is 41.3. The van der Waals surface area contributed by atoms with E-state index >= 15 is 0 Å². The molecule has 1 aliphatic rings. The number of carbonyl (C=O) groups excluding carboxylic acids is 1. The lowest BCUT2D eigenvalue weighted by Crippen LogP contribution is -2.29. The van der Waals surface area contributed by atoms with Crippen molar-refractivity contribution in [2.75, 3.05) is 17.3 Å². The molecule has 0 spiro atoms. The number of hydrogen-bond donors (Lipinski definition) is 4. The first kappa shape index (κ1) is 23.4. The van der Waals surface area contributed by atoms with Gasteiger partial charge in [-0.3, -0.25) is 0 Å². The number of benzene rings is 1. The fourth-order valence-corrected chi connectivity index (χ4v) is 2.98. The standard InChI is InChI=1S/C21H23F3N8O/c1-13(25)19(26)31(2)16-8-6-15(7-9-16)29-20(33)30-17-10-14(21(22,23)24)4-3-5-18(17)32-12-27-11-28-32/h3,5-12H,4,25-26H2,1-2H3,(H2,29,30,33)/b19-13-. The highest BCUT2D eigenvalue weighted by Crippen LogP contribution is 2.32. The molecule has 0 fully saturated rings. The Bertz CT molecular complexity index is 1130. The van der Waals surface area contributed by atoms with Crippen molar-refractivity contribution in [3.63, 3.8) is 0 Å². The van der Waals surface area contributed by atoms with E-state index in [9.17, 15) is 18.0 Å². The minimum absolute atomic E-state index is 0.0771. The number of urea groups is 1. The van der Waals surface area contributed by atoms with Crippen molar-refractivity contribution in [1.82, 2.24) is 20.1 Å². The molecule has 0 atom stereocenters. The second-order valence-corrected chi connectivity index (χ2v) is 7.17. The third-order valence-electron chi connectivity index (χ3n) is 4.76. The molecule has 0 radical (unpaired) electrons. The summed E-state index contributed by atoms with van der Waals surface area (Å²) in [5.74, 6) is 0.384. The van der Waals surface area contributed by atoms with Gasteiger partial charge in [-0.2, -0.15) is 18.3 Å². The van der Waals surface area contributed by atoms with Crippen molar-refractivity contribution in [3.05, 3.63) is 77.9 Å². The zero-order valence-corrected chi connectivity index (χ0v) is 17.9. The number of rotatable bonds is 5. The SMILES string of the molecule is C/C(N)=C(\N)N(C)c1ccc(NC(=O)NC2=C(n3cncn3)C=CCC(C(F)(F)F)=C2)cc1. The fraction of sp³-hybridized carbons (Fsp3) is 0.190. The number of nitrogens with zero attached hydrogens (tertiary/aromatic N) is 4. The molecule has 2 aromatic rings. The number of aromatic nitrogens is 3. The zero-order valence-electron chi connectivity index (χ0n) is 17.9. The third kappa shape index (κ3) is 5.73. The molecule has 0 saturated heterocycles.